The SMILES string of the molecule is C=C(C)CCOC(C)CC(C)=O. The highest BCUT2D eigenvalue weighted by atomic mass is 16.5. The molecule has 0 aliphatic rings. The van der Waals surface area contributed by atoms with Crippen LogP contribution in [0.4, 0.5) is 0 Å². The summed E-state index contributed by atoms with van der Waals surface area (Å²) in [5.41, 5.74) is 1.12. The molecule has 0 heterocycles. The normalized spacial score (nSPS) is 12.6. The second kappa shape index (κ2) is 5.95. The van der Waals surface area contributed by atoms with Crippen molar-refractivity contribution in [1.82, 2.24) is 0 Å². The van der Waals surface area contributed by atoms with Crippen molar-refractivity contribution < 1.29 is 9.53 Å². The van der Waals surface area contributed by atoms with Crippen LogP contribution in [0.2, 0.25) is 0 Å². The molecule has 70 valence electrons. The molecule has 1 unspecified atom stereocenters. The zero-order chi connectivity index (χ0) is 9.56. The van der Waals surface area contributed by atoms with Gasteiger partial charge in [-0.05, 0) is 27.2 Å². The second-order valence-corrected chi connectivity index (χ2v) is 3.29. The Kier molecular flexibility index (Phi) is 5.64. The topological polar surface area (TPSA) is 26.3 Å². The van der Waals surface area contributed by atoms with E-state index in [1.54, 1.807) is 6.92 Å². The minimum Gasteiger partial charge on any atom is -0.378 e. The molecule has 0 saturated heterocycles. The van der Waals surface area contributed by atoms with Crippen molar-refractivity contribution in [3.05, 3.63) is 12.2 Å². The van der Waals surface area contributed by atoms with Gasteiger partial charge in [0.15, 0.2) is 0 Å². The van der Waals surface area contributed by atoms with Gasteiger partial charge in [0.1, 0.15) is 5.78 Å². The first-order valence-electron chi connectivity index (χ1n) is 4.27. The van der Waals surface area contributed by atoms with E-state index in [4.69, 9.17) is 4.74 Å². The number of hydrogen-bond acceptors (Lipinski definition) is 2. The summed E-state index contributed by atoms with van der Waals surface area (Å²) < 4.78 is 5.38. The largest absolute Gasteiger partial charge is 0.378 e. The van der Waals surface area contributed by atoms with Crippen LogP contribution in [0.1, 0.15) is 33.6 Å². The Bertz CT molecular complexity index is 161. The lowest BCUT2D eigenvalue weighted by molar-refractivity contribution is -0.119. The number of hydrogen-bond donors (Lipinski definition) is 0. The summed E-state index contributed by atoms with van der Waals surface area (Å²) in [7, 11) is 0. The summed E-state index contributed by atoms with van der Waals surface area (Å²) in [5, 5.41) is 0. The molecule has 2 nitrogen and oxygen atoms in total. The van der Waals surface area contributed by atoms with Crippen LogP contribution in [0.5, 0.6) is 0 Å². The molecule has 12 heavy (non-hydrogen) atoms. The van der Waals surface area contributed by atoms with E-state index in [-0.39, 0.29) is 11.9 Å². The molecule has 2 heteroatoms. The molecule has 0 aromatic heterocycles. The third-order valence-electron chi connectivity index (χ3n) is 1.51. The molecular formula is C10H18O2. The molecule has 0 saturated carbocycles. The predicted octanol–water partition coefficient (Wildman–Crippen LogP) is 2.34. The van der Waals surface area contributed by atoms with Crippen molar-refractivity contribution in [1.29, 1.82) is 0 Å². The van der Waals surface area contributed by atoms with Crippen molar-refractivity contribution in [2.75, 3.05) is 6.61 Å². The molecule has 1 atom stereocenters. The molecule has 0 radical (unpaired) electrons. The lowest BCUT2D eigenvalue weighted by atomic mass is 10.2. The maximum Gasteiger partial charge on any atom is 0.132 e. The van der Waals surface area contributed by atoms with Crippen LogP contribution in [0.25, 0.3) is 0 Å². The monoisotopic (exact) mass is 170 g/mol. The number of rotatable bonds is 6. The minimum atomic E-state index is 0.0434. The van der Waals surface area contributed by atoms with E-state index in [0.717, 1.165) is 12.0 Å². The van der Waals surface area contributed by atoms with Gasteiger partial charge in [-0.1, -0.05) is 5.57 Å². The molecule has 0 fully saturated rings. The molecule has 0 spiro atoms. The van der Waals surface area contributed by atoms with Crippen LogP contribution in [0, 0.1) is 0 Å². The van der Waals surface area contributed by atoms with Gasteiger partial charge in [-0.2, -0.15) is 0 Å². The Morgan fingerprint density at radius 3 is 2.50 bits per heavy atom. The number of Topliss-reactive ketones (excluding diaryl/α,β-unsaturated/α-hetero) is 1. The van der Waals surface area contributed by atoms with Crippen LogP contribution >= 0.6 is 0 Å². The Morgan fingerprint density at radius 2 is 2.08 bits per heavy atom. The van der Waals surface area contributed by atoms with Crippen LogP contribution in [-0.2, 0) is 9.53 Å². The van der Waals surface area contributed by atoms with E-state index in [1.165, 1.54) is 0 Å². The number of carbonyl (C=O) groups excluding carboxylic acids is 1. The molecule has 0 amide bonds. The van der Waals surface area contributed by atoms with Crippen LogP contribution in [0.15, 0.2) is 12.2 Å². The van der Waals surface area contributed by atoms with Gasteiger partial charge in [0.05, 0.1) is 12.7 Å². The summed E-state index contributed by atoms with van der Waals surface area (Å²) in [4.78, 5) is 10.7. The van der Waals surface area contributed by atoms with E-state index in [1.807, 2.05) is 13.8 Å². The molecular weight excluding hydrogens is 152 g/mol. The Labute approximate surface area is 74.6 Å². The summed E-state index contributed by atoms with van der Waals surface area (Å²) in [6, 6.07) is 0. The van der Waals surface area contributed by atoms with E-state index in [9.17, 15) is 4.79 Å². The average Bonchev–Trinajstić information content (AvgIpc) is 1.84. The van der Waals surface area contributed by atoms with Crippen molar-refractivity contribution in [3.8, 4) is 0 Å². The van der Waals surface area contributed by atoms with Gasteiger partial charge in [-0.15, -0.1) is 6.58 Å². The lowest BCUT2D eigenvalue weighted by Crippen LogP contribution is -2.13. The third-order valence-corrected chi connectivity index (χ3v) is 1.51. The van der Waals surface area contributed by atoms with Crippen LogP contribution in [-0.4, -0.2) is 18.5 Å². The van der Waals surface area contributed by atoms with E-state index in [0.29, 0.717) is 13.0 Å². The highest BCUT2D eigenvalue weighted by molar-refractivity contribution is 5.75. The summed E-state index contributed by atoms with van der Waals surface area (Å²) in [6.07, 6.45) is 1.43. The van der Waals surface area contributed by atoms with Crippen LogP contribution in [0.3, 0.4) is 0 Å². The maximum atomic E-state index is 10.7. The lowest BCUT2D eigenvalue weighted by Gasteiger charge is -2.10. The fraction of sp³-hybridized carbons (Fsp3) is 0.700. The molecule has 0 rings (SSSR count). The fourth-order valence-corrected chi connectivity index (χ4v) is 0.898. The van der Waals surface area contributed by atoms with E-state index < -0.39 is 0 Å². The zero-order valence-corrected chi connectivity index (χ0v) is 8.22. The Morgan fingerprint density at radius 1 is 1.50 bits per heavy atom. The molecule has 0 aliphatic heterocycles. The van der Waals surface area contributed by atoms with Gasteiger partial charge in [-0.25, -0.2) is 0 Å². The van der Waals surface area contributed by atoms with Crippen molar-refractivity contribution >= 4 is 5.78 Å². The summed E-state index contributed by atoms with van der Waals surface area (Å²) in [5.74, 6) is 0.179. The van der Waals surface area contributed by atoms with Gasteiger partial charge < -0.3 is 4.74 Å². The zero-order valence-electron chi connectivity index (χ0n) is 8.22. The third kappa shape index (κ3) is 7.48. The molecule has 0 bridgehead atoms. The molecule has 0 aromatic rings. The van der Waals surface area contributed by atoms with Gasteiger partial charge in [0.2, 0.25) is 0 Å². The first-order valence-corrected chi connectivity index (χ1v) is 4.27. The van der Waals surface area contributed by atoms with E-state index >= 15 is 0 Å². The van der Waals surface area contributed by atoms with Gasteiger partial charge in [0, 0.05) is 6.42 Å². The summed E-state index contributed by atoms with van der Waals surface area (Å²) >= 11 is 0. The highest BCUT2D eigenvalue weighted by Crippen LogP contribution is 2.02. The van der Waals surface area contributed by atoms with Gasteiger partial charge in [-0.3, -0.25) is 4.79 Å². The standard InChI is InChI=1S/C10H18O2/c1-8(2)5-6-12-10(4)7-9(3)11/h10H,1,5-7H2,2-4H3. The molecule has 0 N–H and O–H groups in total. The number of ether oxygens (including phenoxy) is 1. The molecule has 0 aromatic carbocycles. The molecule has 0 aliphatic carbocycles. The van der Waals surface area contributed by atoms with Crippen molar-refractivity contribution in [3.63, 3.8) is 0 Å². The van der Waals surface area contributed by atoms with Gasteiger partial charge >= 0.3 is 0 Å². The van der Waals surface area contributed by atoms with Crippen molar-refractivity contribution in [2.24, 2.45) is 0 Å². The Balaban J connectivity index is 3.37. The van der Waals surface area contributed by atoms with Crippen LogP contribution < -0.4 is 0 Å². The highest BCUT2D eigenvalue weighted by Gasteiger charge is 2.04. The first kappa shape index (κ1) is 11.4. The number of carbonyl (C=O) groups is 1. The first-order chi connectivity index (χ1) is 5.52. The summed E-state index contributed by atoms with van der Waals surface area (Å²) in [6.45, 7) is 9.91. The predicted molar refractivity (Wildman–Crippen MR) is 50.1 cm³/mol. The van der Waals surface area contributed by atoms with Crippen molar-refractivity contribution in [2.45, 2.75) is 39.7 Å². The fourth-order valence-electron chi connectivity index (χ4n) is 0.898. The Hall–Kier alpha value is -0.630. The maximum absolute atomic E-state index is 10.7. The average molecular weight is 170 g/mol. The second-order valence-electron chi connectivity index (χ2n) is 3.29. The number of ketones is 1. The minimum absolute atomic E-state index is 0.0434. The smallest absolute Gasteiger partial charge is 0.132 e. The van der Waals surface area contributed by atoms with E-state index in [2.05, 4.69) is 6.58 Å². The van der Waals surface area contributed by atoms with Gasteiger partial charge in [0.25, 0.3) is 0 Å². The quantitative estimate of drug-likeness (QED) is 0.572.